The van der Waals surface area contributed by atoms with Gasteiger partial charge in [-0.2, -0.15) is 0 Å². The molecule has 0 spiro atoms. The van der Waals surface area contributed by atoms with E-state index in [9.17, 15) is 13.2 Å². The van der Waals surface area contributed by atoms with Crippen molar-refractivity contribution in [3.05, 3.63) is 58.6 Å². The third-order valence-corrected chi connectivity index (χ3v) is 5.75. The lowest BCUT2D eigenvalue weighted by molar-refractivity contribution is -0.118. The van der Waals surface area contributed by atoms with Crippen LogP contribution in [0.15, 0.2) is 47.4 Å². The van der Waals surface area contributed by atoms with Crippen molar-refractivity contribution in [2.24, 2.45) is 5.92 Å². The maximum atomic E-state index is 13.2. The summed E-state index contributed by atoms with van der Waals surface area (Å²) in [5.41, 5.74) is 2.00. The van der Waals surface area contributed by atoms with Gasteiger partial charge in [-0.3, -0.25) is 4.79 Å². The smallest absolute Gasteiger partial charge is 0.270 e. The van der Waals surface area contributed by atoms with E-state index in [2.05, 4.69) is 0 Å². The molecule has 2 aromatic carbocycles. The zero-order chi connectivity index (χ0) is 18.8. The van der Waals surface area contributed by atoms with Gasteiger partial charge in [-0.15, -0.1) is 0 Å². The largest absolute Gasteiger partial charge is 0.273 e. The highest BCUT2D eigenvalue weighted by molar-refractivity contribution is 7.93. The van der Waals surface area contributed by atoms with Crippen LogP contribution in [0, 0.1) is 19.8 Å². The zero-order valence-electron chi connectivity index (χ0n) is 14.8. The number of hydrogen-bond donors (Lipinski definition) is 0. The Hall–Kier alpha value is -1.85. The lowest BCUT2D eigenvalue weighted by atomic mass is 10.1. The molecule has 0 radical (unpaired) electrons. The number of sulfonamides is 1. The highest BCUT2D eigenvalue weighted by atomic mass is 35.5. The van der Waals surface area contributed by atoms with E-state index < -0.39 is 15.9 Å². The molecule has 1 amide bonds. The summed E-state index contributed by atoms with van der Waals surface area (Å²) < 4.78 is 27.3. The van der Waals surface area contributed by atoms with Crippen molar-refractivity contribution < 1.29 is 13.2 Å². The summed E-state index contributed by atoms with van der Waals surface area (Å²) in [7, 11) is -4.03. The van der Waals surface area contributed by atoms with Crippen molar-refractivity contribution >= 4 is 33.2 Å². The Kier molecular flexibility index (Phi) is 5.91. The van der Waals surface area contributed by atoms with E-state index in [0.29, 0.717) is 10.7 Å². The predicted octanol–water partition coefficient (Wildman–Crippen LogP) is 4.72. The van der Waals surface area contributed by atoms with Gasteiger partial charge in [0.1, 0.15) is 0 Å². The summed E-state index contributed by atoms with van der Waals surface area (Å²) in [6, 6.07) is 11.3. The molecule has 0 aromatic heterocycles. The van der Waals surface area contributed by atoms with Crippen molar-refractivity contribution in [3.8, 4) is 0 Å². The average molecular weight is 380 g/mol. The molecule has 0 N–H and O–H groups in total. The molecule has 0 fully saturated rings. The monoisotopic (exact) mass is 379 g/mol. The summed E-state index contributed by atoms with van der Waals surface area (Å²) in [6.07, 6.45) is 0.139. The standard InChI is InChI=1S/C19H22ClNO3S/c1-13(2)11-19(22)21(18-12-14(3)5-6-15(18)4)25(23,24)17-9-7-16(20)8-10-17/h5-10,12-13H,11H2,1-4H3. The molecule has 2 rings (SSSR count). The molecular weight excluding hydrogens is 358 g/mol. The molecule has 0 aliphatic rings. The third-order valence-electron chi connectivity index (χ3n) is 3.74. The lowest BCUT2D eigenvalue weighted by Gasteiger charge is -2.25. The molecule has 2 aromatic rings. The van der Waals surface area contributed by atoms with E-state index >= 15 is 0 Å². The molecule has 0 saturated carbocycles. The third kappa shape index (κ3) is 4.41. The van der Waals surface area contributed by atoms with Gasteiger partial charge in [-0.05, 0) is 61.2 Å². The van der Waals surface area contributed by atoms with Crippen LogP contribution in [0.3, 0.4) is 0 Å². The van der Waals surface area contributed by atoms with Crippen molar-refractivity contribution in [3.63, 3.8) is 0 Å². The first kappa shape index (κ1) is 19.5. The SMILES string of the molecule is Cc1ccc(C)c(N(C(=O)CC(C)C)S(=O)(=O)c2ccc(Cl)cc2)c1. The lowest BCUT2D eigenvalue weighted by Crippen LogP contribution is -2.38. The molecule has 4 nitrogen and oxygen atoms in total. The Morgan fingerprint density at radius 1 is 1.08 bits per heavy atom. The Labute approximate surface area is 154 Å². The summed E-state index contributed by atoms with van der Waals surface area (Å²) in [5.74, 6) is -0.404. The number of carbonyl (C=O) groups is 1. The van der Waals surface area contributed by atoms with Gasteiger partial charge in [0, 0.05) is 11.4 Å². The Balaban J connectivity index is 2.64. The molecule has 0 aliphatic carbocycles. The van der Waals surface area contributed by atoms with Crippen molar-refractivity contribution in [1.82, 2.24) is 0 Å². The van der Waals surface area contributed by atoms with Crippen LogP contribution in [0.1, 0.15) is 31.4 Å². The summed E-state index contributed by atoms with van der Waals surface area (Å²) >= 11 is 5.86. The molecule has 0 unspecified atom stereocenters. The van der Waals surface area contributed by atoms with Gasteiger partial charge in [-0.1, -0.05) is 37.6 Å². The molecule has 0 atom stereocenters. The van der Waals surface area contributed by atoms with Gasteiger partial charge in [0.2, 0.25) is 5.91 Å². The second-order valence-electron chi connectivity index (χ2n) is 6.51. The quantitative estimate of drug-likeness (QED) is 0.754. The van der Waals surface area contributed by atoms with Gasteiger partial charge in [0.25, 0.3) is 10.0 Å². The first-order chi connectivity index (χ1) is 11.6. The fourth-order valence-electron chi connectivity index (χ4n) is 2.48. The number of amides is 1. The van der Waals surface area contributed by atoms with E-state index in [1.807, 2.05) is 32.9 Å². The van der Waals surface area contributed by atoms with Gasteiger partial charge in [-0.25, -0.2) is 12.7 Å². The number of hydrogen-bond acceptors (Lipinski definition) is 3. The molecule has 6 heteroatoms. The van der Waals surface area contributed by atoms with Gasteiger partial charge in [0.15, 0.2) is 0 Å². The number of anilines is 1. The van der Waals surface area contributed by atoms with E-state index in [1.165, 1.54) is 24.3 Å². The van der Waals surface area contributed by atoms with Crippen LogP contribution in [0.5, 0.6) is 0 Å². The molecular formula is C19H22ClNO3S. The fraction of sp³-hybridized carbons (Fsp3) is 0.316. The second-order valence-corrected chi connectivity index (χ2v) is 8.73. The Morgan fingerprint density at radius 2 is 1.68 bits per heavy atom. The Morgan fingerprint density at radius 3 is 2.24 bits per heavy atom. The van der Waals surface area contributed by atoms with Crippen LogP contribution >= 0.6 is 11.6 Å². The van der Waals surface area contributed by atoms with Crippen LogP contribution in [0.4, 0.5) is 5.69 Å². The maximum absolute atomic E-state index is 13.2. The highest BCUT2D eigenvalue weighted by Gasteiger charge is 2.32. The molecule has 0 saturated heterocycles. The van der Waals surface area contributed by atoms with Gasteiger partial charge < -0.3 is 0 Å². The van der Waals surface area contributed by atoms with E-state index in [0.717, 1.165) is 15.4 Å². The predicted molar refractivity (Wildman–Crippen MR) is 101 cm³/mol. The van der Waals surface area contributed by atoms with Crippen molar-refractivity contribution in [1.29, 1.82) is 0 Å². The van der Waals surface area contributed by atoms with Crippen LogP contribution in [0.25, 0.3) is 0 Å². The van der Waals surface area contributed by atoms with Crippen LogP contribution in [0.2, 0.25) is 5.02 Å². The zero-order valence-corrected chi connectivity index (χ0v) is 16.4. The van der Waals surface area contributed by atoms with Crippen molar-refractivity contribution in [2.45, 2.75) is 39.0 Å². The number of rotatable bonds is 5. The van der Waals surface area contributed by atoms with Crippen LogP contribution in [-0.4, -0.2) is 14.3 Å². The topological polar surface area (TPSA) is 54.5 Å². The highest BCUT2D eigenvalue weighted by Crippen LogP contribution is 2.30. The minimum atomic E-state index is -4.03. The number of halogens is 1. The summed E-state index contributed by atoms with van der Waals surface area (Å²) in [5, 5.41) is 0.436. The van der Waals surface area contributed by atoms with Crippen LogP contribution < -0.4 is 4.31 Å². The Bertz CT molecular complexity index is 874. The first-order valence-electron chi connectivity index (χ1n) is 8.04. The van der Waals surface area contributed by atoms with Gasteiger partial charge >= 0.3 is 0 Å². The van der Waals surface area contributed by atoms with Crippen LogP contribution in [-0.2, 0) is 14.8 Å². The molecule has 0 aliphatic heterocycles. The molecule has 134 valence electrons. The summed E-state index contributed by atoms with van der Waals surface area (Å²) in [4.78, 5) is 12.9. The number of nitrogens with zero attached hydrogens (tertiary/aromatic N) is 1. The van der Waals surface area contributed by atoms with E-state index in [4.69, 9.17) is 11.6 Å². The number of benzene rings is 2. The summed E-state index contributed by atoms with van der Waals surface area (Å²) in [6.45, 7) is 7.42. The molecule has 25 heavy (non-hydrogen) atoms. The van der Waals surface area contributed by atoms with E-state index in [1.54, 1.807) is 13.0 Å². The van der Waals surface area contributed by atoms with Gasteiger partial charge in [0.05, 0.1) is 10.6 Å². The minimum Gasteiger partial charge on any atom is -0.273 e. The normalized spacial score (nSPS) is 11.6. The first-order valence-corrected chi connectivity index (χ1v) is 9.85. The number of aryl methyl sites for hydroxylation is 2. The second kappa shape index (κ2) is 7.58. The van der Waals surface area contributed by atoms with E-state index in [-0.39, 0.29) is 17.2 Å². The van der Waals surface area contributed by atoms with Crippen molar-refractivity contribution in [2.75, 3.05) is 4.31 Å². The molecule has 0 bridgehead atoms. The number of carbonyl (C=O) groups excluding carboxylic acids is 1. The minimum absolute atomic E-state index is 0.0370. The average Bonchev–Trinajstić information content (AvgIpc) is 2.50. The fourth-order valence-corrected chi connectivity index (χ4v) is 4.10. The molecule has 0 heterocycles. The maximum Gasteiger partial charge on any atom is 0.270 e.